The normalized spacial score (nSPS) is 14.4. The molecule has 0 aliphatic carbocycles. The predicted molar refractivity (Wildman–Crippen MR) is 69.4 cm³/mol. The lowest BCUT2D eigenvalue weighted by Crippen LogP contribution is -2.33. The van der Waals surface area contributed by atoms with Crippen molar-refractivity contribution in [3.05, 3.63) is 0 Å². The molecule has 0 aromatic rings. The van der Waals surface area contributed by atoms with Gasteiger partial charge in [0.1, 0.15) is 0 Å². The van der Waals surface area contributed by atoms with Gasteiger partial charge >= 0.3 is 0 Å². The van der Waals surface area contributed by atoms with Gasteiger partial charge in [-0.05, 0) is 31.8 Å². The molecule has 0 spiro atoms. The number of nitrogens with zero attached hydrogens (tertiary/aromatic N) is 1. The molecule has 0 saturated carbocycles. The molecule has 1 unspecified atom stereocenters. The highest BCUT2D eigenvalue weighted by Crippen LogP contribution is 2.26. The molecule has 0 amide bonds. The molecule has 0 saturated heterocycles. The first-order chi connectivity index (χ1) is 7.08. The highest BCUT2D eigenvalue weighted by molar-refractivity contribution is 4.75. The predicted octanol–water partition coefficient (Wildman–Crippen LogP) is 3.42. The van der Waals surface area contributed by atoms with E-state index in [4.69, 9.17) is 4.74 Å². The van der Waals surface area contributed by atoms with E-state index in [0.29, 0.717) is 5.41 Å². The van der Waals surface area contributed by atoms with E-state index in [2.05, 4.69) is 32.7 Å². The molecule has 0 aromatic heterocycles. The summed E-state index contributed by atoms with van der Waals surface area (Å²) in [5, 5.41) is 0. The van der Waals surface area contributed by atoms with Gasteiger partial charge in [0.25, 0.3) is 0 Å². The lowest BCUT2D eigenvalue weighted by molar-refractivity contribution is 0.113. The molecule has 0 bridgehead atoms. The Labute approximate surface area is 97.0 Å². The van der Waals surface area contributed by atoms with Gasteiger partial charge in [-0.2, -0.15) is 0 Å². The molecule has 1 atom stereocenters. The molecule has 0 N–H and O–H groups in total. The van der Waals surface area contributed by atoms with Crippen molar-refractivity contribution in [2.75, 3.05) is 33.9 Å². The number of methoxy groups -OCH3 is 1. The van der Waals surface area contributed by atoms with Crippen LogP contribution in [0.3, 0.4) is 0 Å². The number of rotatable bonds is 7. The maximum Gasteiger partial charge on any atom is 0.0467 e. The first kappa shape index (κ1) is 17.3. The van der Waals surface area contributed by atoms with Crippen molar-refractivity contribution in [2.45, 2.75) is 47.5 Å². The highest BCUT2D eigenvalue weighted by Gasteiger charge is 2.22. The van der Waals surface area contributed by atoms with E-state index >= 15 is 0 Å². The van der Waals surface area contributed by atoms with Crippen molar-refractivity contribution in [1.29, 1.82) is 0 Å². The number of hydrogen-bond acceptors (Lipinski definition) is 2. The molecule has 0 aromatic carbocycles. The molecule has 0 fully saturated rings. The van der Waals surface area contributed by atoms with Crippen LogP contribution in [0.1, 0.15) is 47.5 Å². The van der Waals surface area contributed by atoms with Gasteiger partial charge in [0.2, 0.25) is 0 Å². The summed E-state index contributed by atoms with van der Waals surface area (Å²) < 4.78 is 5.14. The fourth-order valence-corrected chi connectivity index (χ4v) is 1.48. The Balaban J connectivity index is 0. The van der Waals surface area contributed by atoms with Crippen LogP contribution >= 0.6 is 0 Å². The summed E-state index contributed by atoms with van der Waals surface area (Å²) in [5.74, 6) is 0. The summed E-state index contributed by atoms with van der Waals surface area (Å²) in [5.41, 5.74) is 0.417. The van der Waals surface area contributed by atoms with Gasteiger partial charge in [-0.3, -0.25) is 0 Å². The number of hydrogen-bond donors (Lipinski definition) is 0. The Kier molecular flexibility index (Phi) is 12.1. The van der Waals surface area contributed by atoms with E-state index in [1.54, 1.807) is 7.11 Å². The second kappa shape index (κ2) is 10.4. The van der Waals surface area contributed by atoms with Crippen LogP contribution in [-0.2, 0) is 4.74 Å². The average molecular weight is 217 g/mol. The summed E-state index contributed by atoms with van der Waals surface area (Å²) in [6.45, 7) is 14.0. The molecule has 2 heteroatoms. The molecule has 2 nitrogen and oxygen atoms in total. The maximum atomic E-state index is 5.14. The van der Waals surface area contributed by atoms with Gasteiger partial charge in [-0.25, -0.2) is 0 Å². The Hall–Kier alpha value is -0.0800. The Morgan fingerprint density at radius 2 is 1.73 bits per heavy atom. The molecule has 0 rings (SSSR count). The summed E-state index contributed by atoms with van der Waals surface area (Å²) >= 11 is 0. The fourth-order valence-electron chi connectivity index (χ4n) is 1.48. The Morgan fingerprint density at radius 1 is 1.20 bits per heavy atom. The smallest absolute Gasteiger partial charge is 0.0467 e. The minimum absolute atomic E-state index is 0.417. The fraction of sp³-hybridized carbons (Fsp3) is 1.00. The van der Waals surface area contributed by atoms with Crippen molar-refractivity contribution in [1.82, 2.24) is 4.90 Å². The van der Waals surface area contributed by atoms with Crippen LogP contribution in [0.5, 0.6) is 0 Å². The van der Waals surface area contributed by atoms with Gasteiger partial charge in [0.05, 0.1) is 0 Å². The van der Waals surface area contributed by atoms with Crippen molar-refractivity contribution < 1.29 is 4.74 Å². The average Bonchev–Trinajstić information content (AvgIpc) is 2.29. The van der Waals surface area contributed by atoms with E-state index < -0.39 is 0 Å². The van der Waals surface area contributed by atoms with Gasteiger partial charge in [0.15, 0.2) is 0 Å². The maximum absolute atomic E-state index is 5.14. The monoisotopic (exact) mass is 217 g/mol. The van der Waals surface area contributed by atoms with E-state index in [9.17, 15) is 0 Å². The minimum atomic E-state index is 0.417. The third-order valence-corrected chi connectivity index (χ3v) is 2.95. The van der Waals surface area contributed by atoms with Crippen LogP contribution in [-0.4, -0.2) is 38.8 Å². The third kappa shape index (κ3) is 8.88. The van der Waals surface area contributed by atoms with Gasteiger partial charge < -0.3 is 9.64 Å². The van der Waals surface area contributed by atoms with Crippen LogP contribution in [0.4, 0.5) is 0 Å². The van der Waals surface area contributed by atoms with Crippen molar-refractivity contribution in [2.24, 2.45) is 5.41 Å². The van der Waals surface area contributed by atoms with Crippen molar-refractivity contribution in [3.8, 4) is 0 Å². The largest absolute Gasteiger partial charge is 0.385 e. The zero-order valence-corrected chi connectivity index (χ0v) is 11.9. The van der Waals surface area contributed by atoms with Crippen LogP contribution in [0, 0.1) is 5.41 Å². The van der Waals surface area contributed by atoms with Gasteiger partial charge in [0, 0.05) is 20.3 Å². The number of ether oxygens (including phenoxy) is 1. The second-order valence-electron chi connectivity index (χ2n) is 4.24. The lowest BCUT2D eigenvalue weighted by Gasteiger charge is -2.32. The van der Waals surface area contributed by atoms with E-state index in [0.717, 1.165) is 19.6 Å². The Bertz CT molecular complexity index is 128. The molecular weight excluding hydrogens is 186 g/mol. The van der Waals surface area contributed by atoms with E-state index in [1.807, 2.05) is 13.8 Å². The zero-order chi connectivity index (χ0) is 12.3. The minimum Gasteiger partial charge on any atom is -0.385 e. The standard InChI is InChI=1S/C11H25NO.C2H6/c1-6-11(3,8-9-13-5)10-12(4)7-2;1-2/h6-10H2,1-5H3;1-2H3. The SMILES string of the molecule is CC.CCN(C)CC(C)(CC)CCOC. The quantitative estimate of drug-likeness (QED) is 0.648. The molecule has 0 aliphatic heterocycles. The van der Waals surface area contributed by atoms with Crippen molar-refractivity contribution in [3.63, 3.8) is 0 Å². The summed E-state index contributed by atoms with van der Waals surface area (Å²) in [7, 11) is 3.96. The highest BCUT2D eigenvalue weighted by atomic mass is 16.5. The molecule has 0 radical (unpaired) electrons. The van der Waals surface area contributed by atoms with Crippen molar-refractivity contribution >= 4 is 0 Å². The topological polar surface area (TPSA) is 12.5 Å². The zero-order valence-electron chi connectivity index (χ0n) is 11.9. The van der Waals surface area contributed by atoms with Crippen LogP contribution < -0.4 is 0 Å². The summed E-state index contributed by atoms with van der Waals surface area (Å²) in [6, 6.07) is 0. The van der Waals surface area contributed by atoms with Gasteiger partial charge in [-0.1, -0.05) is 34.6 Å². The van der Waals surface area contributed by atoms with Gasteiger partial charge in [-0.15, -0.1) is 0 Å². The first-order valence-corrected chi connectivity index (χ1v) is 6.25. The van der Waals surface area contributed by atoms with E-state index in [-0.39, 0.29) is 0 Å². The van der Waals surface area contributed by atoms with Crippen LogP contribution in [0.2, 0.25) is 0 Å². The van der Waals surface area contributed by atoms with Crippen LogP contribution in [0.15, 0.2) is 0 Å². The van der Waals surface area contributed by atoms with E-state index in [1.165, 1.54) is 13.0 Å². The third-order valence-electron chi connectivity index (χ3n) is 2.95. The molecule has 0 heterocycles. The Morgan fingerprint density at radius 3 is 2.07 bits per heavy atom. The molecule has 0 aliphatic rings. The lowest BCUT2D eigenvalue weighted by atomic mass is 9.84. The molecular formula is C13H31NO. The first-order valence-electron chi connectivity index (χ1n) is 6.25. The molecule has 94 valence electrons. The second-order valence-corrected chi connectivity index (χ2v) is 4.24. The molecule has 15 heavy (non-hydrogen) atoms. The summed E-state index contributed by atoms with van der Waals surface area (Å²) in [4.78, 5) is 2.37. The van der Waals surface area contributed by atoms with Crippen LogP contribution in [0.25, 0.3) is 0 Å². The summed E-state index contributed by atoms with van der Waals surface area (Å²) in [6.07, 6.45) is 2.38.